The summed E-state index contributed by atoms with van der Waals surface area (Å²) in [5.74, 6) is 2.41. The van der Waals surface area contributed by atoms with E-state index in [0.717, 1.165) is 88.2 Å². The van der Waals surface area contributed by atoms with Crippen LogP contribution in [0.2, 0.25) is 0 Å². The van der Waals surface area contributed by atoms with Crippen LogP contribution in [0.15, 0.2) is 176 Å². The number of hydrogen-bond acceptors (Lipinski definition) is 6. The van der Waals surface area contributed by atoms with Gasteiger partial charge < -0.3 is 0 Å². The molecule has 0 saturated carbocycles. The summed E-state index contributed by atoms with van der Waals surface area (Å²) in [4.78, 5) is 33.1. The van der Waals surface area contributed by atoms with Gasteiger partial charge in [-0.05, 0) is 98.0 Å². The zero-order valence-corrected chi connectivity index (χ0v) is 30.4. The second-order valence-electron chi connectivity index (χ2n) is 15.8. The fourth-order valence-corrected chi connectivity index (χ4v) is 10.0. The van der Waals surface area contributed by atoms with Crippen molar-refractivity contribution < 1.29 is 0 Å². The Bertz CT molecular complexity index is 3380. The van der Waals surface area contributed by atoms with Crippen LogP contribution in [0.25, 0.3) is 54.5 Å². The van der Waals surface area contributed by atoms with Gasteiger partial charge in [-0.3, -0.25) is 0 Å². The first-order valence-electron chi connectivity index (χ1n) is 19.6. The molecule has 0 amide bonds. The summed E-state index contributed by atoms with van der Waals surface area (Å²) in [5, 5.41) is 11.5. The molecule has 4 aliphatic heterocycles. The van der Waals surface area contributed by atoms with Gasteiger partial charge in [-0.2, -0.15) is 0 Å². The van der Waals surface area contributed by atoms with Gasteiger partial charge in [0.05, 0.1) is 22.8 Å². The lowest BCUT2D eigenvalue weighted by Crippen LogP contribution is -2.24. The largest absolute Gasteiger partial charge is 0.232 e. The quantitative estimate of drug-likeness (QED) is 0.150. The van der Waals surface area contributed by atoms with Crippen molar-refractivity contribution in [3.63, 3.8) is 0 Å². The molecule has 0 saturated heterocycles. The van der Waals surface area contributed by atoms with Gasteiger partial charge in [0.25, 0.3) is 0 Å². The minimum Gasteiger partial charge on any atom is -0.232 e. The number of rotatable bonds is 0. The van der Waals surface area contributed by atoms with E-state index in [9.17, 15) is 0 Å². The van der Waals surface area contributed by atoms with Crippen LogP contribution in [0.5, 0.6) is 0 Å². The fourth-order valence-electron chi connectivity index (χ4n) is 10.0. The zero-order valence-electron chi connectivity index (χ0n) is 30.4. The molecule has 14 rings (SSSR count). The molecule has 6 heteroatoms. The maximum absolute atomic E-state index is 5.62. The van der Waals surface area contributed by atoms with Gasteiger partial charge in [0.2, 0.25) is 0 Å². The minimum atomic E-state index is -0.177. The van der Waals surface area contributed by atoms with E-state index in [1.54, 1.807) is 0 Å². The standard InChI is InChI=1S/C51H28N6/c1-2-10-27-18-35-34(17-26(27)9-1)44-42-25-43-46(54-50-39-22-31-14-6-5-13-30(31)21-38(39)48(52-44)56-50)36-19-28-11-3-4-12-29(28)20-37(36)47(43)55-51-41-24-33-16-8-7-15-32(33)23-40(41)49(57-51)53-45(35)42/h1-24,42-43H,25H2. The van der Waals surface area contributed by atoms with Crippen LogP contribution in [0.1, 0.15) is 39.8 Å². The SMILES string of the molecule is c1ccc2cc3c(cc2c1)C1=NC3=NC2=c3cc4ccccc4cc3=C3N=C4N=C(N=C5c6cc7ccccc7cc6C(=N1)C5CC23)c1cc2ccccc2cc14. The normalized spacial score (nSPS) is 19.4. The molecule has 0 spiro atoms. The first-order chi connectivity index (χ1) is 28.2. The number of hydrogen-bond donors (Lipinski definition) is 0. The van der Waals surface area contributed by atoms with Crippen LogP contribution in [-0.4, -0.2) is 34.8 Å². The molecule has 57 heavy (non-hydrogen) atoms. The maximum atomic E-state index is 5.62. The van der Waals surface area contributed by atoms with Crippen LogP contribution in [0.4, 0.5) is 0 Å². The van der Waals surface area contributed by atoms with Gasteiger partial charge in [0, 0.05) is 55.7 Å². The highest BCUT2D eigenvalue weighted by atomic mass is 15.1. The van der Waals surface area contributed by atoms with E-state index >= 15 is 0 Å². The molecule has 8 aromatic carbocycles. The van der Waals surface area contributed by atoms with Crippen molar-refractivity contribution in [2.75, 3.05) is 0 Å². The van der Waals surface area contributed by atoms with Gasteiger partial charge in [-0.1, -0.05) is 97.1 Å². The van der Waals surface area contributed by atoms with E-state index in [4.69, 9.17) is 30.0 Å². The van der Waals surface area contributed by atoms with Crippen molar-refractivity contribution in [3.8, 4) is 0 Å². The summed E-state index contributed by atoms with van der Waals surface area (Å²) < 4.78 is 0. The highest BCUT2D eigenvalue weighted by Crippen LogP contribution is 2.44. The molecule has 0 aromatic heterocycles. The molecular formula is C51H28N6. The van der Waals surface area contributed by atoms with Crippen LogP contribution in [0, 0.1) is 11.8 Å². The highest BCUT2D eigenvalue weighted by Gasteiger charge is 2.43. The van der Waals surface area contributed by atoms with Crippen molar-refractivity contribution in [1.82, 2.24) is 0 Å². The van der Waals surface area contributed by atoms with Crippen molar-refractivity contribution in [3.05, 3.63) is 189 Å². The van der Waals surface area contributed by atoms with Crippen LogP contribution in [0.3, 0.4) is 0 Å². The third-order valence-corrected chi connectivity index (χ3v) is 12.7. The molecule has 4 heterocycles. The molecule has 6 aliphatic rings. The van der Waals surface area contributed by atoms with Crippen molar-refractivity contribution in [2.45, 2.75) is 6.42 Å². The Morgan fingerprint density at radius 1 is 0.298 bits per heavy atom. The average Bonchev–Trinajstić information content (AvgIpc) is 3.93. The second kappa shape index (κ2) is 10.6. The molecule has 0 N–H and O–H groups in total. The Balaban J connectivity index is 1.16. The van der Waals surface area contributed by atoms with Crippen molar-refractivity contribution >= 4 is 89.2 Å². The van der Waals surface area contributed by atoms with Gasteiger partial charge in [-0.25, -0.2) is 30.0 Å². The summed E-state index contributed by atoms with van der Waals surface area (Å²) in [7, 11) is 0. The Kier molecular flexibility index (Phi) is 5.58. The number of benzene rings is 8. The summed E-state index contributed by atoms with van der Waals surface area (Å²) in [6.45, 7) is 0. The minimum absolute atomic E-state index is 0.177. The number of aliphatic imine (C=N–C) groups is 6. The molecule has 6 nitrogen and oxygen atoms in total. The Morgan fingerprint density at radius 3 is 0.947 bits per heavy atom. The highest BCUT2D eigenvalue weighted by molar-refractivity contribution is 6.38. The van der Waals surface area contributed by atoms with Gasteiger partial charge in [0.1, 0.15) is 0 Å². The van der Waals surface area contributed by atoms with Gasteiger partial charge in [-0.15, -0.1) is 0 Å². The topological polar surface area (TPSA) is 74.2 Å². The number of fused-ring (bicyclic) bond motifs is 16. The van der Waals surface area contributed by atoms with Crippen molar-refractivity contribution in [2.24, 2.45) is 41.8 Å². The second-order valence-corrected chi connectivity index (χ2v) is 15.8. The summed E-state index contributed by atoms with van der Waals surface area (Å²) in [6, 6.07) is 52.3. The third-order valence-electron chi connectivity index (χ3n) is 12.7. The fraction of sp³-hybridized carbons (Fsp3) is 0.0588. The molecule has 0 atom stereocenters. The summed E-state index contributed by atoms with van der Waals surface area (Å²) in [5.41, 5.74) is 10.1. The van der Waals surface area contributed by atoms with E-state index in [2.05, 4.69) is 146 Å². The smallest absolute Gasteiger partial charge is 0.162 e. The summed E-state index contributed by atoms with van der Waals surface area (Å²) >= 11 is 0. The van der Waals surface area contributed by atoms with E-state index in [0.29, 0.717) is 29.8 Å². The molecule has 6 bridgehead atoms. The Labute approximate surface area is 325 Å². The molecule has 0 radical (unpaired) electrons. The lowest BCUT2D eigenvalue weighted by Gasteiger charge is -2.22. The Morgan fingerprint density at radius 2 is 0.596 bits per heavy atom. The van der Waals surface area contributed by atoms with Gasteiger partial charge in [0.15, 0.2) is 23.3 Å². The molecule has 0 fully saturated rings. The first kappa shape index (κ1) is 29.9. The lowest BCUT2D eigenvalue weighted by atomic mass is 9.87. The summed E-state index contributed by atoms with van der Waals surface area (Å²) in [6.07, 6.45) is 0.698. The van der Waals surface area contributed by atoms with Crippen LogP contribution < -0.4 is 10.4 Å². The zero-order chi connectivity index (χ0) is 36.9. The van der Waals surface area contributed by atoms with Crippen molar-refractivity contribution in [1.29, 1.82) is 0 Å². The van der Waals surface area contributed by atoms with E-state index < -0.39 is 0 Å². The molecule has 0 unspecified atom stereocenters. The van der Waals surface area contributed by atoms with Crippen LogP contribution >= 0.6 is 0 Å². The predicted octanol–water partition coefficient (Wildman–Crippen LogP) is 8.89. The average molecular weight is 725 g/mol. The predicted molar refractivity (Wildman–Crippen MR) is 233 cm³/mol. The maximum Gasteiger partial charge on any atom is 0.162 e. The van der Waals surface area contributed by atoms with E-state index in [1.165, 1.54) is 21.5 Å². The van der Waals surface area contributed by atoms with E-state index in [-0.39, 0.29) is 11.8 Å². The van der Waals surface area contributed by atoms with Crippen LogP contribution in [-0.2, 0) is 0 Å². The first-order valence-corrected chi connectivity index (χ1v) is 19.6. The third kappa shape index (κ3) is 4.08. The Hall–Kier alpha value is -7.44. The molecular weight excluding hydrogens is 697 g/mol. The van der Waals surface area contributed by atoms with E-state index in [1.807, 2.05) is 0 Å². The lowest BCUT2D eigenvalue weighted by molar-refractivity contribution is 0.694. The molecule has 262 valence electrons. The number of nitrogens with zero attached hydrogens (tertiary/aromatic N) is 6. The molecule has 8 aromatic rings. The molecule has 2 aliphatic carbocycles. The number of amidine groups is 4. The monoisotopic (exact) mass is 724 g/mol. The van der Waals surface area contributed by atoms with Gasteiger partial charge >= 0.3 is 0 Å².